The lowest BCUT2D eigenvalue weighted by Gasteiger charge is -1.79. The quantitative estimate of drug-likeness (QED) is 0.476. The summed E-state index contributed by atoms with van der Waals surface area (Å²) in [6, 6.07) is 0. The van der Waals surface area contributed by atoms with Gasteiger partial charge in [0.2, 0.25) is 6.29 Å². The molecule has 0 aromatic rings. The second-order valence-corrected chi connectivity index (χ2v) is 1.63. The highest BCUT2D eigenvalue weighted by atomic mass is 16.1. The SMILES string of the molecule is CC(C)=CC[C]=O. The zero-order valence-corrected chi connectivity index (χ0v) is 4.69. The van der Waals surface area contributed by atoms with Crippen molar-refractivity contribution in [2.45, 2.75) is 20.3 Å². The molecule has 0 aliphatic carbocycles. The fraction of sp³-hybridized carbons (Fsp3) is 0.500. The topological polar surface area (TPSA) is 17.1 Å². The van der Waals surface area contributed by atoms with Gasteiger partial charge in [-0.25, -0.2) is 0 Å². The highest BCUT2D eigenvalue weighted by molar-refractivity contribution is 5.53. The minimum Gasteiger partial charge on any atom is -0.291 e. The molecule has 39 valence electrons. The van der Waals surface area contributed by atoms with Crippen LogP contribution in [0.2, 0.25) is 0 Å². The van der Waals surface area contributed by atoms with Crippen molar-refractivity contribution in [2.75, 3.05) is 0 Å². The fourth-order valence-electron chi connectivity index (χ4n) is 0.246. The minimum atomic E-state index is 0.433. The maximum absolute atomic E-state index is 9.54. The van der Waals surface area contributed by atoms with Gasteiger partial charge in [0.15, 0.2) is 0 Å². The van der Waals surface area contributed by atoms with Crippen molar-refractivity contribution in [3.8, 4) is 0 Å². The van der Waals surface area contributed by atoms with Gasteiger partial charge in [-0.15, -0.1) is 0 Å². The van der Waals surface area contributed by atoms with Crippen LogP contribution in [0, 0.1) is 0 Å². The first-order valence-electron chi connectivity index (χ1n) is 2.25. The third-order valence-corrected chi connectivity index (χ3v) is 0.594. The maximum atomic E-state index is 9.54. The summed E-state index contributed by atoms with van der Waals surface area (Å²) in [7, 11) is 0. The Kier molecular flexibility index (Phi) is 3.29. The average Bonchev–Trinajstić information content (AvgIpc) is 1.61. The van der Waals surface area contributed by atoms with Gasteiger partial charge in [0, 0.05) is 6.42 Å². The molecule has 1 nitrogen and oxygen atoms in total. The third-order valence-electron chi connectivity index (χ3n) is 0.594. The van der Waals surface area contributed by atoms with Crippen LogP contribution in [0.1, 0.15) is 20.3 Å². The smallest absolute Gasteiger partial charge is 0.202 e. The van der Waals surface area contributed by atoms with E-state index in [2.05, 4.69) is 0 Å². The molecule has 0 heterocycles. The summed E-state index contributed by atoms with van der Waals surface area (Å²) >= 11 is 0. The Hall–Kier alpha value is -0.590. The Morgan fingerprint density at radius 2 is 2.29 bits per heavy atom. The van der Waals surface area contributed by atoms with Gasteiger partial charge in [-0.2, -0.15) is 0 Å². The summed E-state index contributed by atoms with van der Waals surface area (Å²) in [5, 5.41) is 0. The lowest BCUT2D eigenvalue weighted by Crippen LogP contribution is -1.67. The predicted molar refractivity (Wildman–Crippen MR) is 29.7 cm³/mol. The monoisotopic (exact) mass is 97.1 g/mol. The van der Waals surface area contributed by atoms with Gasteiger partial charge in [-0.3, -0.25) is 4.79 Å². The molecule has 0 amide bonds. The molecule has 0 aliphatic rings. The fourth-order valence-corrected chi connectivity index (χ4v) is 0.246. The van der Waals surface area contributed by atoms with E-state index >= 15 is 0 Å². The molecule has 0 saturated heterocycles. The molecule has 0 N–H and O–H groups in total. The van der Waals surface area contributed by atoms with E-state index in [0.717, 1.165) is 0 Å². The van der Waals surface area contributed by atoms with E-state index in [-0.39, 0.29) is 0 Å². The van der Waals surface area contributed by atoms with Crippen molar-refractivity contribution in [3.63, 3.8) is 0 Å². The lowest BCUT2D eigenvalue weighted by molar-refractivity contribution is 0.556. The molecule has 1 radical (unpaired) electrons. The summed E-state index contributed by atoms with van der Waals surface area (Å²) < 4.78 is 0. The molecule has 1 heteroatoms. The standard InChI is InChI=1S/C6H9O/c1-6(2)4-3-5-7/h4H,3H2,1-2H3. The zero-order chi connectivity index (χ0) is 5.70. The van der Waals surface area contributed by atoms with Crippen molar-refractivity contribution < 1.29 is 4.79 Å². The van der Waals surface area contributed by atoms with E-state index in [0.29, 0.717) is 6.42 Å². The minimum absolute atomic E-state index is 0.433. The van der Waals surface area contributed by atoms with Crippen LogP contribution in [-0.4, -0.2) is 6.29 Å². The van der Waals surface area contributed by atoms with Crippen LogP contribution in [-0.2, 0) is 4.79 Å². The van der Waals surface area contributed by atoms with Crippen molar-refractivity contribution in [1.82, 2.24) is 0 Å². The summed E-state index contributed by atoms with van der Waals surface area (Å²) in [5.74, 6) is 0. The van der Waals surface area contributed by atoms with Crippen LogP contribution in [0.4, 0.5) is 0 Å². The van der Waals surface area contributed by atoms with E-state index in [4.69, 9.17) is 0 Å². The first-order chi connectivity index (χ1) is 3.27. The second kappa shape index (κ2) is 3.59. The lowest BCUT2D eigenvalue weighted by atomic mass is 10.3. The van der Waals surface area contributed by atoms with Crippen molar-refractivity contribution in [3.05, 3.63) is 11.6 Å². The average molecular weight is 97.1 g/mol. The molecule has 0 unspecified atom stereocenters. The number of rotatable bonds is 2. The van der Waals surface area contributed by atoms with Crippen molar-refractivity contribution in [1.29, 1.82) is 0 Å². The molecule has 0 spiro atoms. The number of carbonyl (C=O) groups excluding carboxylic acids is 1. The summed E-state index contributed by atoms with van der Waals surface area (Å²) in [4.78, 5) is 9.54. The number of hydrogen-bond acceptors (Lipinski definition) is 1. The Morgan fingerprint density at radius 1 is 1.71 bits per heavy atom. The van der Waals surface area contributed by atoms with Crippen LogP contribution in [0.25, 0.3) is 0 Å². The largest absolute Gasteiger partial charge is 0.291 e. The van der Waals surface area contributed by atoms with Gasteiger partial charge < -0.3 is 0 Å². The molecule has 0 aromatic carbocycles. The van der Waals surface area contributed by atoms with E-state index in [1.165, 1.54) is 5.57 Å². The number of hydrogen-bond donors (Lipinski definition) is 0. The molecule has 0 aromatic heterocycles. The van der Waals surface area contributed by atoms with E-state index in [9.17, 15) is 4.79 Å². The molecular weight excluding hydrogens is 88.1 g/mol. The summed E-state index contributed by atoms with van der Waals surface area (Å²) in [5.41, 5.74) is 1.17. The van der Waals surface area contributed by atoms with Crippen LogP contribution in [0.3, 0.4) is 0 Å². The van der Waals surface area contributed by atoms with E-state index in [1.807, 2.05) is 19.9 Å². The highest BCUT2D eigenvalue weighted by Gasteiger charge is 1.74. The van der Waals surface area contributed by atoms with Gasteiger partial charge in [0.25, 0.3) is 0 Å². The molecule has 0 rings (SSSR count). The maximum Gasteiger partial charge on any atom is 0.202 e. The first-order valence-corrected chi connectivity index (χ1v) is 2.25. The van der Waals surface area contributed by atoms with Crippen LogP contribution < -0.4 is 0 Å². The number of allylic oxidation sites excluding steroid dienone is 2. The normalized spacial score (nSPS) is 7.71. The van der Waals surface area contributed by atoms with Gasteiger partial charge in [-0.05, 0) is 13.8 Å². The van der Waals surface area contributed by atoms with Gasteiger partial charge >= 0.3 is 0 Å². The molecular formula is C6H9O. The van der Waals surface area contributed by atoms with Gasteiger partial charge in [0.1, 0.15) is 0 Å². The van der Waals surface area contributed by atoms with Crippen LogP contribution in [0.5, 0.6) is 0 Å². The van der Waals surface area contributed by atoms with Crippen molar-refractivity contribution in [2.24, 2.45) is 0 Å². The van der Waals surface area contributed by atoms with Crippen molar-refractivity contribution >= 4 is 6.29 Å². The van der Waals surface area contributed by atoms with Crippen LogP contribution in [0.15, 0.2) is 11.6 Å². The molecule has 0 saturated carbocycles. The Labute approximate surface area is 44.0 Å². The third kappa shape index (κ3) is 5.41. The predicted octanol–water partition coefficient (Wildman–Crippen LogP) is 1.45. The summed E-state index contributed by atoms with van der Waals surface area (Å²) in [6.07, 6.45) is 4.05. The molecule has 0 fully saturated rings. The first kappa shape index (κ1) is 6.41. The molecule has 0 aliphatic heterocycles. The zero-order valence-electron chi connectivity index (χ0n) is 4.69. The van der Waals surface area contributed by atoms with Crippen LogP contribution >= 0.6 is 0 Å². The van der Waals surface area contributed by atoms with Gasteiger partial charge in [-0.1, -0.05) is 11.6 Å². The van der Waals surface area contributed by atoms with E-state index in [1.54, 1.807) is 6.29 Å². The molecule has 0 bridgehead atoms. The van der Waals surface area contributed by atoms with Gasteiger partial charge in [0.05, 0.1) is 0 Å². The highest BCUT2D eigenvalue weighted by Crippen LogP contribution is 1.88. The molecule has 7 heavy (non-hydrogen) atoms. The Balaban J connectivity index is 3.25. The molecule has 0 atom stereocenters. The Morgan fingerprint density at radius 3 is 2.43 bits per heavy atom. The second-order valence-electron chi connectivity index (χ2n) is 1.63. The summed E-state index contributed by atoms with van der Waals surface area (Å²) in [6.45, 7) is 3.91. The van der Waals surface area contributed by atoms with E-state index < -0.39 is 0 Å². The Bertz CT molecular complexity index is 78.2.